The first kappa shape index (κ1) is 30.2. The number of H-pyrrole nitrogens is 1. The number of ether oxygens (including phenoxy) is 3. The maximum absolute atomic E-state index is 13.2. The number of sulfonamides is 1. The number of carbonyl (C=O) groups is 1. The van der Waals surface area contributed by atoms with Crippen LogP contribution in [0.25, 0.3) is 11.0 Å². The van der Waals surface area contributed by atoms with Crippen molar-refractivity contribution in [1.29, 1.82) is 0 Å². The van der Waals surface area contributed by atoms with Crippen molar-refractivity contribution < 1.29 is 32.5 Å². The molecule has 0 unspecified atom stereocenters. The molecule has 1 amide bonds. The van der Waals surface area contributed by atoms with Crippen molar-refractivity contribution in [2.45, 2.75) is 30.1 Å². The molecule has 0 spiro atoms. The summed E-state index contributed by atoms with van der Waals surface area (Å²) in [6, 6.07) is 23.3. The summed E-state index contributed by atoms with van der Waals surface area (Å²) in [6.45, 7) is -0.332. The zero-order valence-corrected chi connectivity index (χ0v) is 24.5. The van der Waals surface area contributed by atoms with Crippen LogP contribution in [0.4, 0.5) is 0 Å². The van der Waals surface area contributed by atoms with Gasteiger partial charge in [0.25, 0.3) is 5.91 Å². The summed E-state index contributed by atoms with van der Waals surface area (Å²) in [5, 5.41) is 12.4. The standard InChI is InChI=1S/C31H34N4O7S/c1-40-24-11-13-25(14-12-24)43(38,39)35(15-17-36)16-18-41-30-20-23(22-7-3-2-4-8-22)19-28(42-30)31(37)32-21-29-33-26-9-5-6-10-27(26)34-29/h2-14,19,23,30,36H,15-18,20-21H2,1H3,(H,32,37)(H,33,34)/t23-,30+/m0/s1. The fraction of sp³-hybridized carbons (Fsp3) is 0.290. The van der Waals surface area contributed by atoms with E-state index >= 15 is 0 Å². The van der Waals surface area contributed by atoms with Crippen LogP contribution in [0.1, 0.15) is 23.7 Å². The molecule has 0 fully saturated rings. The average Bonchev–Trinajstić information content (AvgIpc) is 3.46. The zero-order valence-electron chi connectivity index (χ0n) is 23.7. The number of nitrogens with one attached hydrogen (secondary N) is 2. The third-order valence-electron chi connectivity index (χ3n) is 7.05. The van der Waals surface area contributed by atoms with Crippen molar-refractivity contribution in [2.24, 2.45) is 0 Å². The van der Waals surface area contributed by atoms with Gasteiger partial charge in [0.1, 0.15) is 11.6 Å². The normalized spacial score (nSPS) is 17.0. The van der Waals surface area contributed by atoms with Crippen molar-refractivity contribution >= 4 is 27.0 Å². The summed E-state index contributed by atoms with van der Waals surface area (Å²) >= 11 is 0. The molecule has 11 nitrogen and oxygen atoms in total. The number of amides is 1. The van der Waals surface area contributed by atoms with Crippen LogP contribution in [-0.4, -0.2) is 73.4 Å². The predicted octanol–water partition coefficient (Wildman–Crippen LogP) is 3.30. The molecule has 2 atom stereocenters. The molecule has 0 aliphatic carbocycles. The number of rotatable bonds is 13. The fourth-order valence-corrected chi connectivity index (χ4v) is 6.25. The third kappa shape index (κ3) is 7.41. The van der Waals surface area contributed by atoms with Gasteiger partial charge in [-0.3, -0.25) is 4.79 Å². The number of hydrogen-bond acceptors (Lipinski definition) is 8. The minimum absolute atomic E-state index is 0.0184. The molecule has 3 aromatic carbocycles. The molecule has 2 heterocycles. The number of allylic oxidation sites excluding steroid dienone is 1. The Hall–Kier alpha value is -4.23. The van der Waals surface area contributed by atoms with E-state index in [1.54, 1.807) is 18.2 Å². The Kier molecular flexibility index (Phi) is 9.72. The second-order valence-electron chi connectivity index (χ2n) is 9.89. The van der Waals surface area contributed by atoms with Crippen molar-refractivity contribution in [1.82, 2.24) is 19.6 Å². The summed E-state index contributed by atoms with van der Waals surface area (Å²) < 4.78 is 44.7. The molecule has 5 rings (SSSR count). The van der Waals surface area contributed by atoms with Crippen molar-refractivity contribution in [3.63, 3.8) is 0 Å². The Balaban J connectivity index is 1.25. The Morgan fingerprint density at radius 3 is 2.53 bits per heavy atom. The lowest BCUT2D eigenvalue weighted by Gasteiger charge is -2.30. The molecular formula is C31H34N4O7S. The van der Waals surface area contributed by atoms with E-state index < -0.39 is 22.2 Å². The van der Waals surface area contributed by atoms with Gasteiger partial charge in [0.15, 0.2) is 5.76 Å². The van der Waals surface area contributed by atoms with Crippen LogP contribution in [0, 0.1) is 0 Å². The van der Waals surface area contributed by atoms with Crippen LogP contribution in [0.5, 0.6) is 5.75 Å². The van der Waals surface area contributed by atoms with Gasteiger partial charge >= 0.3 is 0 Å². The minimum atomic E-state index is -3.90. The van der Waals surface area contributed by atoms with Crippen LogP contribution >= 0.6 is 0 Å². The highest BCUT2D eigenvalue weighted by molar-refractivity contribution is 7.89. The Morgan fingerprint density at radius 2 is 1.81 bits per heavy atom. The van der Waals surface area contributed by atoms with Crippen LogP contribution < -0.4 is 10.1 Å². The number of para-hydroxylation sites is 2. The molecule has 1 aliphatic heterocycles. The molecule has 12 heteroatoms. The largest absolute Gasteiger partial charge is 0.497 e. The molecule has 3 N–H and O–H groups in total. The van der Waals surface area contributed by atoms with Gasteiger partial charge in [-0.25, -0.2) is 13.4 Å². The summed E-state index contributed by atoms with van der Waals surface area (Å²) in [7, 11) is -2.40. The lowest BCUT2D eigenvalue weighted by Crippen LogP contribution is -2.38. The summed E-state index contributed by atoms with van der Waals surface area (Å²) in [6.07, 6.45) is 1.40. The molecule has 43 heavy (non-hydrogen) atoms. The molecule has 4 aromatic rings. The minimum Gasteiger partial charge on any atom is -0.497 e. The van der Waals surface area contributed by atoms with Crippen LogP contribution in [-0.2, 0) is 30.8 Å². The molecule has 0 saturated heterocycles. The quantitative estimate of drug-likeness (QED) is 0.210. The van der Waals surface area contributed by atoms with Crippen molar-refractivity contribution in [3.05, 3.63) is 102 Å². The van der Waals surface area contributed by atoms with E-state index in [1.165, 1.54) is 19.2 Å². The number of aromatic nitrogens is 2. The van der Waals surface area contributed by atoms with Crippen LogP contribution in [0.3, 0.4) is 0 Å². The number of carbonyl (C=O) groups excluding carboxylic acids is 1. The lowest BCUT2D eigenvalue weighted by molar-refractivity contribution is -0.146. The maximum Gasteiger partial charge on any atom is 0.286 e. The number of methoxy groups -OCH3 is 1. The summed E-state index contributed by atoms with van der Waals surface area (Å²) in [5.74, 6) is 0.672. The van der Waals surface area contributed by atoms with E-state index in [9.17, 15) is 18.3 Å². The van der Waals surface area contributed by atoms with Crippen molar-refractivity contribution in [3.8, 4) is 5.75 Å². The second-order valence-corrected chi connectivity index (χ2v) is 11.8. The highest BCUT2D eigenvalue weighted by Gasteiger charge is 2.30. The summed E-state index contributed by atoms with van der Waals surface area (Å²) in [4.78, 5) is 20.9. The van der Waals surface area contributed by atoms with Gasteiger partial charge < -0.3 is 29.6 Å². The molecule has 0 radical (unpaired) electrons. The van der Waals surface area contributed by atoms with E-state index in [0.717, 1.165) is 20.9 Å². The highest BCUT2D eigenvalue weighted by Crippen LogP contribution is 2.31. The number of nitrogens with zero attached hydrogens (tertiary/aromatic N) is 2. The number of hydrogen-bond donors (Lipinski definition) is 3. The van der Waals surface area contributed by atoms with Gasteiger partial charge in [-0.1, -0.05) is 42.5 Å². The highest BCUT2D eigenvalue weighted by atomic mass is 32.2. The number of fused-ring (bicyclic) bond motifs is 1. The van der Waals surface area contributed by atoms with Crippen LogP contribution in [0.15, 0.2) is 95.6 Å². The van der Waals surface area contributed by atoms with Gasteiger partial charge in [-0.15, -0.1) is 0 Å². The fourth-order valence-electron chi connectivity index (χ4n) is 4.84. The molecular weight excluding hydrogens is 572 g/mol. The third-order valence-corrected chi connectivity index (χ3v) is 8.97. The first-order valence-electron chi connectivity index (χ1n) is 13.9. The van der Waals surface area contributed by atoms with Gasteiger partial charge in [0.2, 0.25) is 16.3 Å². The van der Waals surface area contributed by atoms with E-state index in [4.69, 9.17) is 14.2 Å². The molecule has 1 aromatic heterocycles. The van der Waals surface area contributed by atoms with E-state index in [2.05, 4.69) is 15.3 Å². The topological polar surface area (TPSA) is 143 Å². The first-order valence-corrected chi connectivity index (χ1v) is 15.3. The Morgan fingerprint density at radius 1 is 1.07 bits per heavy atom. The number of benzene rings is 3. The Labute approximate surface area is 250 Å². The Bertz CT molecular complexity index is 1620. The second kappa shape index (κ2) is 13.8. The van der Waals surface area contributed by atoms with E-state index in [0.29, 0.717) is 18.0 Å². The van der Waals surface area contributed by atoms with E-state index in [-0.39, 0.29) is 49.4 Å². The average molecular weight is 607 g/mol. The van der Waals surface area contributed by atoms with Gasteiger partial charge in [0.05, 0.1) is 42.8 Å². The molecule has 1 aliphatic rings. The van der Waals surface area contributed by atoms with Gasteiger partial charge in [-0.2, -0.15) is 4.31 Å². The first-order chi connectivity index (χ1) is 20.9. The number of aliphatic hydroxyl groups excluding tert-OH is 1. The molecule has 0 saturated carbocycles. The molecule has 226 valence electrons. The molecule has 0 bridgehead atoms. The van der Waals surface area contributed by atoms with Crippen LogP contribution in [0.2, 0.25) is 0 Å². The summed E-state index contributed by atoms with van der Waals surface area (Å²) in [5.41, 5.74) is 2.68. The van der Waals surface area contributed by atoms with Gasteiger partial charge in [-0.05, 0) is 48.0 Å². The monoisotopic (exact) mass is 606 g/mol. The predicted molar refractivity (Wildman–Crippen MR) is 159 cm³/mol. The smallest absolute Gasteiger partial charge is 0.286 e. The maximum atomic E-state index is 13.2. The number of imidazole rings is 1. The zero-order chi connectivity index (χ0) is 30.2. The SMILES string of the molecule is COc1ccc(S(=O)(=O)N(CCO)CCO[C@H]2C[C@@H](c3ccccc3)C=C(C(=O)NCc3nc4ccccc4[nH]3)O2)cc1. The van der Waals surface area contributed by atoms with Gasteiger partial charge in [0, 0.05) is 25.4 Å². The number of aromatic amines is 1. The number of aliphatic hydroxyl groups is 1. The lowest BCUT2D eigenvalue weighted by atomic mass is 9.93. The van der Waals surface area contributed by atoms with Crippen molar-refractivity contribution in [2.75, 3.05) is 33.4 Å². The van der Waals surface area contributed by atoms with E-state index in [1.807, 2.05) is 54.6 Å².